The zero-order chi connectivity index (χ0) is 20.7. The largest absolute Gasteiger partial charge is 0.381 e. The van der Waals surface area contributed by atoms with Gasteiger partial charge >= 0.3 is 0 Å². The molecule has 2 unspecified atom stereocenters. The van der Waals surface area contributed by atoms with Crippen LogP contribution in [0.4, 0.5) is 0 Å². The Kier molecular flexibility index (Phi) is 5.08. The van der Waals surface area contributed by atoms with Crippen molar-refractivity contribution in [1.82, 2.24) is 20.9 Å². The van der Waals surface area contributed by atoms with E-state index in [0.717, 1.165) is 50.3 Å². The first-order valence-corrected chi connectivity index (χ1v) is 10.8. The van der Waals surface area contributed by atoms with Crippen LogP contribution in [0, 0.1) is 5.41 Å². The van der Waals surface area contributed by atoms with E-state index in [1.165, 1.54) is 0 Å². The number of benzene rings is 1. The number of fused-ring (bicyclic) bond motifs is 1. The SMILES string of the molecule is O=C1CCC(N2Cc3ccc(CNC4CNCC45CCOCC5)cc3C2=O)C(=O)N1. The highest BCUT2D eigenvalue weighted by Gasteiger charge is 2.43. The van der Waals surface area contributed by atoms with Crippen LogP contribution in [0.3, 0.4) is 0 Å². The summed E-state index contributed by atoms with van der Waals surface area (Å²) in [6.07, 6.45) is 2.80. The van der Waals surface area contributed by atoms with E-state index in [1.54, 1.807) is 4.90 Å². The van der Waals surface area contributed by atoms with Gasteiger partial charge in [-0.3, -0.25) is 19.7 Å². The molecule has 0 bridgehead atoms. The number of carbonyl (C=O) groups excluding carboxylic acids is 3. The minimum atomic E-state index is -0.567. The van der Waals surface area contributed by atoms with Crippen LogP contribution in [0.5, 0.6) is 0 Å². The summed E-state index contributed by atoms with van der Waals surface area (Å²) in [7, 11) is 0. The molecule has 3 saturated heterocycles. The fourth-order valence-corrected chi connectivity index (χ4v) is 5.35. The van der Waals surface area contributed by atoms with Crippen LogP contribution < -0.4 is 16.0 Å². The van der Waals surface area contributed by atoms with Crippen molar-refractivity contribution in [1.29, 1.82) is 0 Å². The molecule has 0 aliphatic carbocycles. The van der Waals surface area contributed by atoms with E-state index < -0.39 is 6.04 Å². The maximum Gasteiger partial charge on any atom is 0.255 e. The molecule has 8 nitrogen and oxygen atoms in total. The first-order valence-electron chi connectivity index (χ1n) is 10.8. The van der Waals surface area contributed by atoms with Crippen molar-refractivity contribution in [2.24, 2.45) is 5.41 Å². The number of nitrogens with zero attached hydrogens (tertiary/aromatic N) is 1. The van der Waals surface area contributed by atoms with Crippen LogP contribution in [0.15, 0.2) is 18.2 Å². The summed E-state index contributed by atoms with van der Waals surface area (Å²) in [6.45, 7) is 4.75. The normalized spacial score (nSPS) is 28.1. The second-order valence-electron chi connectivity index (χ2n) is 8.93. The summed E-state index contributed by atoms with van der Waals surface area (Å²) in [5, 5.41) is 9.58. The Hall–Kier alpha value is -2.29. The lowest BCUT2D eigenvalue weighted by atomic mass is 9.76. The highest BCUT2D eigenvalue weighted by Crippen LogP contribution is 2.37. The van der Waals surface area contributed by atoms with E-state index >= 15 is 0 Å². The van der Waals surface area contributed by atoms with Crippen molar-refractivity contribution < 1.29 is 19.1 Å². The number of hydrogen-bond acceptors (Lipinski definition) is 6. The molecule has 4 heterocycles. The molecule has 1 aromatic rings. The van der Waals surface area contributed by atoms with Crippen LogP contribution in [-0.4, -0.2) is 61.0 Å². The Labute approximate surface area is 175 Å². The van der Waals surface area contributed by atoms with Gasteiger partial charge in [0.1, 0.15) is 6.04 Å². The molecule has 4 aliphatic heterocycles. The Bertz CT molecular complexity index is 880. The van der Waals surface area contributed by atoms with Gasteiger partial charge in [-0.05, 0) is 36.5 Å². The molecular formula is C22H28N4O4. The average molecular weight is 412 g/mol. The van der Waals surface area contributed by atoms with E-state index in [0.29, 0.717) is 31.1 Å². The molecule has 3 amide bonds. The lowest BCUT2D eigenvalue weighted by molar-refractivity contribution is -0.136. The van der Waals surface area contributed by atoms with E-state index in [2.05, 4.69) is 22.0 Å². The lowest BCUT2D eigenvalue weighted by Gasteiger charge is -2.38. The summed E-state index contributed by atoms with van der Waals surface area (Å²) in [4.78, 5) is 38.2. The van der Waals surface area contributed by atoms with Gasteiger partial charge in [-0.2, -0.15) is 0 Å². The van der Waals surface area contributed by atoms with Crippen LogP contribution in [0.1, 0.15) is 47.2 Å². The smallest absolute Gasteiger partial charge is 0.255 e. The first-order chi connectivity index (χ1) is 14.6. The Morgan fingerprint density at radius 1 is 1.20 bits per heavy atom. The maximum atomic E-state index is 13.0. The fourth-order valence-electron chi connectivity index (χ4n) is 5.35. The van der Waals surface area contributed by atoms with Gasteiger partial charge in [0.05, 0.1) is 0 Å². The quantitative estimate of drug-likeness (QED) is 0.616. The van der Waals surface area contributed by atoms with E-state index in [4.69, 9.17) is 4.74 Å². The van der Waals surface area contributed by atoms with E-state index in [-0.39, 0.29) is 29.6 Å². The fraction of sp³-hybridized carbons (Fsp3) is 0.591. The third-order valence-electron chi connectivity index (χ3n) is 7.20. The molecule has 3 fully saturated rings. The highest BCUT2D eigenvalue weighted by molar-refractivity contribution is 6.05. The van der Waals surface area contributed by atoms with Crippen molar-refractivity contribution in [3.05, 3.63) is 34.9 Å². The molecule has 0 aromatic heterocycles. The first kappa shape index (κ1) is 19.7. The molecule has 1 aromatic carbocycles. The zero-order valence-electron chi connectivity index (χ0n) is 17.0. The van der Waals surface area contributed by atoms with Crippen molar-refractivity contribution in [3.8, 4) is 0 Å². The third-order valence-corrected chi connectivity index (χ3v) is 7.20. The standard InChI is InChI=1S/C22H28N4O4/c27-19-4-3-17(20(28)25-19)26-12-15-2-1-14(9-16(15)21(26)29)10-24-18-11-23-13-22(18)5-7-30-8-6-22/h1-2,9,17-18,23-24H,3-8,10-13H2,(H,25,27,28). The summed E-state index contributed by atoms with van der Waals surface area (Å²) >= 11 is 0. The van der Waals surface area contributed by atoms with Gasteiger partial charge in [-0.25, -0.2) is 0 Å². The van der Waals surface area contributed by atoms with Gasteiger partial charge in [0.25, 0.3) is 5.91 Å². The summed E-state index contributed by atoms with van der Waals surface area (Å²) in [6, 6.07) is 5.84. The second-order valence-corrected chi connectivity index (χ2v) is 8.93. The predicted molar refractivity (Wildman–Crippen MR) is 108 cm³/mol. The predicted octanol–water partition coefficient (Wildman–Crippen LogP) is 0.306. The number of carbonyl (C=O) groups is 3. The van der Waals surface area contributed by atoms with Crippen molar-refractivity contribution >= 4 is 17.7 Å². The number of hydrogen-bond donors (Lipinski definition) is 3. The summed E-state index contributed by atoms with van der Waals surface area (Å²) in [5.74, 6) is -0.757. The molecule has 2 atom stereocenters. The molecule has 0 saturated carbocycles. The topological polar surface area (TPSA) is 99.8 Å². The molecule has 30 heavy (non-hydrogen) atoms. The lowest BCUT2D eigenvalue weighted by Crippen LogP contribution is -2.52. The van der Waals surface area contributed by atoms with Crippen molar-refractivity contribution in [2.75, 3.05) is 26.3 Å². The molecule has 8 heteroatoms. The van der Waals surface area contributed by atoms with Crippen LogP contribution in [-0.2, 0) is 27.4 Å². The van der Waals surface area contributed by atoms with E-state index in [1.807, 2.05) is 12.1 Å². The van der Waals surface area contributed by atoms with Gasteiger partial charge in [-0.1, -0.05) is 12.1 Å². The minimum Gasteiger partial charge on any atom is -0.381 e. The number of ether oxygens (including phenoxy) is 1. The van der Waals surface area contributed by atoms with Crippen LogP contribution in [0.2, 0.25) is 0 Å². The number of nitrogens with one attached hydrogen (secondary N) is 3. The number of piperidine rings is 1. The molecule has 0 radical (unpaired) electrons. The van der Waals surface area contributed by atoms with Gasteiger partial charge in [0, 0.05) is 62.8 Å². The minimum absolute atomic E-state index is 0.121. The van der Waals surface area contributed by atoms with Gasteiger partial charge in [0.15, 0.2) is 0 Å². The monoisotopic (exact) mass is 412 g/mol. The van der Waals surface area contributed by atoms with Gasteiger partial charge < -0.3 is 20.3 Å². The molecule has 3 N–H and O–H groups in total. The van der Waals surface area contributed by atoms with Crippen molar-refractivity contribution in [2.45, 2.75) is 50.9 Å². The zero-order valence-corrected chi connectivity index (χ0v) is 17.0. The summed E-state index contributed by atoms with van der Waals surface area (Å²) < 4.78 is 5.56. The molecular weight excluding hydrogens is 384 g/mol. The maximum absolute atomic E-state index is 13.0. The number of rotatable bonds is 4. The average Bonchev–Trinajstić information content (AvgIpc) is 3.28. The van der Waals surface area contributed by atoms with Gasteiger partial charge in [-0.15, -0.1) is 0 Å². The Morgan fingerprint density at radius 2 is 2.03 bits per heavy atom. The third kappa shape index (κ3) is 3.42. The Morgan fingerprint density at radius 3 is 2.83 bits per heavy atom. The molecule has 160 valence electrons. The van der Waals surface area contributed by atoms with Crippen molar-refractivity contribution in [3.63, 3.8) is 0 Å². The highest BCUT2D eigenvalue weighted by atomic mass is 16.5. The molecule has 1 spiro atoms. The number of imide groups is 1. The van der Waals surface area contributed by atoms with Gasteiger partial charge in [0.2, 0.25) is 11.8 Å². The molecule has 5 rings (SSSR count). The van der Waals surface area contributed by atoms with Crippen LogP contribution in [0.25, 0.3) is 0 Å². The Balaban J connectivity index is 1.26. The van der Waals surface area contributed by atoms with E-state index in [9.17, 15) is 14.4 Å². The second kappa shape index (κ2) is 7.76. The van der Waals surface area contributed by atoms with Crippen LogP contribution >= 0.6 is 0 Å². The number of amides is 3. The molecule has 4 aliphatic rings. The summed E-state index contributed by atoms with van der Waals surface area (Å²) in [5.41, 5.74) is 2.94.